The van der Waals surface area contributed by atoms with E-state index in [-0.39, 0.29) is 35.1 Å². The van der Waals surface area contributed by atoms with Crippen LogP contribution in [-0.2, 0) is 17.8 Å². The van der Waals surface area contributed by atoms with Crippen LogP contribution >= 0.6 is 0 Å². The highest BCUT2D eigenvalue weighted by Gasteiger charge is 2.17. The molecule has 4 rings (SSSR count). The summed E-state index contributed by atoms with van der Waals surface area (Å²) in [5.74, 6) is 0.277. The molecule has 0 aliphatic heterocycles. The zero-order chi connectivity index (χ0) is 22.7. The average molecular weight is 433 g/mol. The van der Waals surface area contributed by atoms with E-state index < -0.39 is 5.91 Å². The Balaban J connectivity index is 1.77. The molecule has 0 unspecified atom stereocenters. The van der Waals surface area contributed by atoms with Gasteiger partial charge in [-0.3, -0.25) is 19.4 Å². The highest BCUT2D eigenvalue weighted by Crippen LogP contribution is 2.12. The van der Waals surface area contributed by atoms with Crippen molar-refractivity contribution < 1.29 is 14.3 Å². The van der Waals surface area contributed by atoms with Gasteiger partial charge in [0.1, 0.15) is 22.5 Å². The number of ether oxygens (including phenoxy) is 2. The van der Waals surface area contributed by atoms with Gasteiger partial charge in [-0.1, -0.05) is 18.2 Å². The molecule has 0 spiro atoms. The van der Waals surface area contributed by atoms with Gasteiger partial charge in [0.15, 0.2) is 0 Å². The molecule has 0 radical (unpaired) electrons. The topological polar surface area (TPSA) is 111 Å². The van der Waals surface area contributed by atoms with Crippen molar-refractivity contribution in [3.05, 3.63) is 81.7 Å². The molecular formula is C23H23N5O4. The second-order valence-electron chi connectivity index (χ2n) is 7.16. The van der Waals surface area contributed by atoms with E-state index in [4.69, 9.17) is 14.9 Å². The van der Waals surface area contributed by atoms with Gasteiger partial charge in [-0.2, -0.15) is 0 Å². The third-order valence-corrected chi connectivity index (χ3v) is 5.19. The minimum atomic E-state index is -0.448. The van der Waals surface area contributed by atoms with Crippen LogP contribution in [0.15, 0.2) is 59.5 Å². The number of fused-ring (bicyclic) bond motifs is 2. The molecule has 1 aromatic carbocycles. The number of pyridine rings is 2. The molecule has 164 valence electrons. The van der Waals surface area contributed by atoms with Crippen molar-refractivity contribution in [3.63, 3.8) is 0 Å². The monoisotopic (exact) mass is 433 g/mol. The van der Waals surface area contributed by atoms with E-state index in [9.17, 15) is 9.59 Å². The fourth-order valence-electron chi connectivity index (χ4n) is 3.48. The van der Waals surface area contributed by atoms with Crippen LogP contribution < -0.4 is 21.1 Å². The van der Waals surface area contributed by atoms with Crippen molar-refractivity contribution in [2.24, 2.45) is 0 Å². The summed E-state index contributed by atoms with van der Waals surface area (Å²) in [6, 6.07) is 14.0. The van der Waals surface area contributed by atoms with Gasteiger partial charge in [-0.05, 0) is 35.9 Å². The van der Waals surface area contributed by atoms with Crippen LogP contribution in [0, 0.1) is 5.41 Å². The number of hydrogen-bond donors (Lipinski definition) is 2. The first kappa shape index (κ1) is 21.3. The summed E-state index contributed by atoms with van der Waals surface area (Å²) in [5.41, 5.74) is 1.44. The van der Waals surface area contributed by atoms with Gasteiger partial charge in [0.25, 0.3) is 11.5 Å². The van der Waals surface area contributed by atoms with Crippen molar-refractivity contribution in [2.45, 2.75) is 13.1 Å². The summed E-state index contributed by atoms with van der Waals surface area (Å²) in [4.78, 5) is 30.7. The van der Waals surface area contributed by atoms with Crippen LogP contribution in [-0.4, -0.2) is 40.7 Å². The number of carbonyl (C=O) groups is 1. The lowest BCUT2D eigenvalue weighted by Crippen LogP contribution is -2.35. The number of methoxy groups -OCH3 is 2. The normalized spacial score (nSPS) is 11.1. The summed E-state index contributed by atoms with van der Waals surface area (Å²) in [6.07, 6.45) is 1.63. The van der Waals surface area contributed by atoms with Crippen molar-refractivity contribution in [2.75, 3.05) is 20.8 Å². The fourth-order valence-corrected chi connectivity index (χ4v) is 3.48. The Hall–Kier alpha value is -3.98. The van der Waals surface area contributed by atoms with Crippen molar-refractivity contribution >= 4 is 22.6 Å². The SMILES string of the molecule is COCCn1c(=N)c(C(=O)NCc2ccc(OC)cc2)cc2c(=O)n3ccccc3nc21. The number of carbonyl (C=O) groups excluding carboxylic acids is 1. The number of amides is 1. The van der Waals surface area contributed by atoms with E-state index in [0.29, 0.717) is 17.9 Å². The molecule has 2 N–H and O–H groups in total. The first-order chi connectivity index (χ1) is 15.5. The summed E-state index contributed by atoms with van der Waals surface area (Å²) in [5, 5.41) is 11.7. The van der Waals surface area contributed by atoms with Gasteiger partial charge >= 0.3 is 0 Å². The average Bonchev–Trinajstić information content (AvgIpc) is 2.82. The lowest BCUT2D eigenvalue weighted by atomic mass is 10.1. The van der Waals surface area contributed by atoms with Crippen molar-refractivity contribution in [3.8, 4) is 5.75 Å². The van der Waals surface area contributed by atoms with Crippen LogP contribution in [0.2, 0.25) is 0 Å². The maximum Gasteiger partial charge on any atom is 0.267 e. The van der Waals surface area contributed by atoms with E-state index >= 15 is 0 Å². The molecule has 0 bridgehead atoms. The maximum atomic E-state index is 13.1. The zero-order valence-corrected chi connectivity index (χ0v) is 17.8. The lowest BCUT2D eigenvalue weighted by Gasteiger charge is -2.14. The van der Waals surface area contributed by atoms with E-state index in [1.807, 2.05) is 24.3 Å². The molecular weight excluding hydrogens is 410 g/mol. The minimum Gasteiger partial charge on any atom is -0.497 e. The van der Waals surface area contributed by atoms with Crippen molar-refractivity contribution in [1.29, 1.82) is 5.41 Å². The Kier molecular flexibility index (Phi) is 6.00. The predicted molar refractivity (Wildman–Crippen MR) is 119 cm³/mol. The molecule has 1 amide bonds. The minimum absolute atomic E-state index is 0.0334. The van der Waals surface area contributed by atoms with Crippen LogP contribution in [0.5, 0.6) is 5.75 Å². The quantitative estimate of drug-likeness (QED) is 0.431. The Morgan fingerprint density at radius 2 is 1.94 bits per heavy atom. The molecule has 0 fully saturated rings. The van der Waals surface area contributed by atoms with E-state index in [0.717, 1.165) is 11.3 Å². The first-order valence-electron chi connectivity index (χ1n) is 10.0. The number of nitrogens with zero attached hydrogens (tertiary/aromatic N) is 3. The van der Waals surface area contributed by atoms with Crippen molar-refractivity contribution in [1.82, 2.24) is 19.3 Å². The molecule has 9 nitrogen and oxygen atoms in total. The summed E-state index contributed by atoms with van der Waals surface area (Å²) in [7, 11) is 3.14. The molecule has 32 heavy (non-hydrogen) atoms. The standard InChI is InChI=1S/C23H23N5O4/c1-31-12-11-28-20(24)17(22(29)25-14-15-6-8-16(32-2)9-7-15)13-18-21(28)26-19-5-3-4-10-27(19)23(18)30/h3-10,13,24H,11-12,14H2,1-2H3,(H,25,29). The summed E-state index contributed by atoms with van der Waals surface area (Å²) < 4.78 is 13.3. The van der Waals surface area contributed by atoms with Gasteiger partial charge in [-0.15, -0.1) is 0 Å². The molecule has 3 heterocycles. The number of nitrogens with one attached hydrogen (secondary N) is 2. The smallest absolute Gasteiger partial charge is 0.267 e. The number of benzene rings is 1. The molecule has 3 aromatic heterocycles. The number of hydrogen-bond acceptors (Lipinski definition) is 6. The van der Waals surface area contributed by atoms with E-state index in [1.54, 1.807) is 38.6 Å². The Morgan fingerprint density at radius 3 is 2.66 bits per heavy atom. The second kappa shape index (κ2) is 9.03. The molecule has 0 aliphatic rings. The summed E-state index contributed by atoms with van der Waals surface area (Å²) in [6.45, 7) is 0.854. The van der Waals surface area contributed by atoms with Gasteiger partial charge in [-0.25, -0.2) is 4.98 Å². The molecule has 0 saturated heterocycles. The molecule has 0 atom stereocenters. The number of aromatic nitrogens is 3. The third-order valence-electron chi connectivity index (χ3n) is 5.19. The van der Waals surface area contributed by atoms with Gasteiger partial charge in [0.05, 0.1) is 24.7 Å². The largest absolute Gasteiger partial charge is 0.497 e. The molecule has 9 heteroatoms. The van der Waals surface area contributed by atoms with Crippen LogP contribution in [0.4, 0.5) is 0 Å². The second-order valence-corrected chi connectivity index (χ2v) is 7.16. The third kappa shape index (κ3) is 3.97. The zero-order valence-electron chi connectivity index (χ0n) is 17.8. The maximum absolute atomic E-state index is 13.1. The van der Waals surface area contributed by atoms with E-state index in [1.165, 1.54) is 15.0 Å². The highest BCUT2D eigenvalue weighted by atomic mass is 16.5. The lowest BCUT2D eigenvalue weighted by molar-refractivity contribution is 0.0948. The van der Waals surface area contributed by atoms with Crippen LogP contribution in [0.3, 0.4) is 0 Å². The van der Waals surface area contributed by atoms with Gasteiger partial charge in [0.2, 0.25) is 0 Å². The Bertz CT molecular complexity index is 1410. The van der Waals surface area contributed by atoms with E-state index in [2.05, 4.69) is 10.3 Å². The highest BCUT2D eigenvalue weighted by molar-refractivity contribution is 5.96. The predicted octanol–water partition coefficient (Wildman–Crippen LogP) is 1.71. The molecule has 4 aromatic rings. The fraction of sp³-hybridized carbons (Fsp3) is 0.217. The molecule has 0 saturated carbocycles. The Morgan fingerprint density at radius 1 is 1.16 bits per heavy atom. The van der Waals surface area contributed by atoms with Crippen LogP contribution in [0.1, 0.15) is 15.9 Å². The van der Waals surface area contributed by atoms with Gasteiger partial charge in [0, 0.05) is 26.4 Å². The number of rotatable bonds is 7. The summed E-state index contributed by atoms with van der Waals surface area (Å²) >= 11 is 0. The van der Waals surface area contributed by atoms with Crippen LogP contribution in [0.25, 0.3) is 16.7 Å². The first-order valence-corrected chi connectivity index (χ1v) is 10.0. The molecule has 0 aliphatic carbocycles. The Labute approximate surface area is 183 Å². The van der Waals surface area contributed by atoms with Gasteiger partial charge < -0.3 is 19.4 Å².